The highest BCUT2D eigenvalue weighted by Gasteiger charge is 2.40. The fourth-order valence-electron chi connectivity index (χ4n) is 4.94. The summed E-state index contributed by atoms with van der Waals surface area (Å²) in [4.78, 5) is 52.8. The average Bonchev–Trinajstić information content (AvgIpc) is 3.22. The van der Waals surface area contributed by atoms with E-state index in [0.717, 1.165) is 30.6 Å². The zero-order chi connectivity index (χ0) is 26.2. The molecular weight excluding hydrogens is 448 g/mol. The SMILES string of the molecule is C=CCN(CC(=O)N[C@H](C(=O)N1CCC[C@@H]1CNC(=O)C1CC(CCCC)C1)C(C)(C)C)C(=O)O. The molecule has 1 aliphatic carbocycles. The molecule has 0 bridgehead atoms. The van der Waals surface area contributed by atoms with Crippen molar-refractivity contribution in [3.05, 3.63) is 12.7 Å². The minimum atomic E-state index is -1.22. The summed E-state index contributed by atoms with van der Waals surface area (Å²) in [6, 6.07) is -0.919. The van der Waals surface area contributed by atoms with Crippen LogP contribution in [0.3, 0.4) is 0 Å². The maximum atomic E-state index is 13.5. The molecule has 0 radical (unpaired) electrons. The standard InChI is InChI=1S/C26H44N4O5/c1-6-8-10-18-14-19(15-18)23(32)27-16-20-11-9-13-30(20)24(33)22(26(3,4)5)28-21(31)17-29(12-7-2)25(34)35/h7,18-20,22H,2,6,8-17H2,1,3-5H3,(H,27,32)(H,28,31)(H,34,35)/t18?,19?,20-,22-/m1/s1. The first-order valence-electron chi connectivity index (χ1n) is 12.9. The number of nitrogens with one attached hydrogen (secondary N) is 2. The Morgan fingerprint density at radius 1 is 1.23 bits per heavy atom. The molecule has 198 valence electrons. The van der Waals surface area contributed by atoms with Gasteiger partial charge in [-0.25, -0.2) is 4.79 Å². The highest BCUT2D eigenvalue weighted by molar-refractivity contribution is 5.90. The molecule has 0 aromatic rings. The molecule has 1 saturated heterocycles. The van der Waals surface area contributed by atoms with Gasteiger partial charge in [0.1, 0.15) is 12.6 Å². The van der Waals surface area contributed by atoms with Gasteiger partial charge in [0.15, 0.2) is 0 Å². The van der Waals surface area contributed by atoms with Gasteiger partial charge in [0.2, 0.25) is 17.7 Å². The Morgan fingerprint density at radius 2 is 1.91 bits per heavy atom. The van der Waals surface area contributed by atoms with Crippen molar-refractivity contribution >= 4 is 23.8 Å². The predicted molar refractivity (Wildman–Crippen MR) is 135 cm³/mol. The van der Waals surface area contributed by atoms with Gasteiger partial charge in [0.25, 0.3) is 0 Å². The molecule has 2 fully saturated rings. The summed E-state index contributed by atoms with van der Waals surface area (Å²) in [5, 5.41) is 15.1. The second-order valence-electron chi connectivity index (χ2n) is 11.1. The molecule has 2 aliphatic rings. The van der Waals surface area contributed by atoms with Crippen LogP contribution in [0.1, 0.15) is 72.6 Å². The van der Waals surface area contributed by atoms with Crippen molar-refractivity contribution in [2.45, 2.75) is 84.7 Å². The van der Waals surface area contributed by atoms with Crippen LogP contribution in [0.4, 0.5) is 4.79 Å². The number of carbonyl (C=O) groups is 4. The second-order valence-corrected chi connectivity index (χ2v) is 11.1. The molecule has 9 heteroatoms. The Bertz CT molecular complexity index is 772. The highest BCUT2D eigenvalue weighted by Crippen LogP contribution is 2.37. The van der Waals surface area contributed by atoms with E-state index in [0.29, 0.717) is 19.0 Å². The topological polar surface area (TPSA) is 119 Å². The third kappa shape index (κ3) is 8.25. The van der Waals surface area contributed by atoms with E-state index < -0.39 is 23.5 Å². The van der Waals surface area contributed by atoms with Crippen LogP contribution in [0, 0.1) is 17.3 Å². The summed E-state index contributed by atoms with van der Waals surface area (Å²) >= 11 is 0. The van der Waals surface area contributed by atoms with Gasteiger partial charge in [0.05, 0.1) is 0 Å². The molecule has 0 spiro atoms. The van der Waals surface area contributed by atoms with Crippen molar-refractivity contribution in [2.75, 3.05) is 26.2 Å². The number of hydrogen-bond donors (Lipinski definition) is 3. The highest BCUT2D eigenvalue weighted by atomic mass is 16.4. The lowest BCUT2D eigenvalue weighted by Crippen LogP contribution is -2.58. The van der Waals surface area contributed by atoms with Crippen LogP contribution in [0.25, 0.3) is 0 Å². The molecule has 0 aromatic heterocycles. The molecular formula is C26H44N4O5. The Morgan fingerprint density at radius 3 is 2.49 bits per heavy atom. The normalized spacial score (nSPS) is 22.6. The zero-order valence-corrected chi connectivity index (χ0v) is 21.8. The first-order chi connectivity index (χ1) is 16.5. The smallest absolute Gasteiger partial charge is 0.408 e. The van der Waals surface area contributed by atoms with Crippen LogP contribution in [0.5, 0.6) is 0 Å². The first kappa shape index (κ1) is 28.7. The summed E-state index contributed by atoms with van der Waals surface area (Å²) in [7, 11) is 0. The van der Waals surface area contributed by atoms with Crippen molar-refractivity contribution in [3.8, 4) is 0 Å². The number of unbranched alkanes of at least 4 members (excludes halogenated alkanes) is 1. The Balaban J connectivity index is 1.94. The fraction of sp³-hybridized carbons (Fsp3) is 0.769. The van der Waals surface area contributed by atoms with Gasteiger partial charge in [-0.15, -0.1) is 6.58 Å². The van der Waals surface area contributed by atoms with Crippen molar-refractivity contribution in [1.29, 1.82) is 0 Å². The summed E-state index contributed by atoms with van der Waals surface area (Å²) < 4.78 is 0. The van der Waals surface area contributed by atoms with E-state index in [9.17, 15) is 24.3 Å². The summed E-state index contributed by atoms with van der Waals surface area (Å²) in [5.74, 6) is 0.0890. The van der Waals surface area contributed by atoms with Crippen molar-refractivity contribution < 1.29 is 24.3 Å². The fourth-order valence-corrected chi connectivity index (χ4v) is 4.94. The maximum Gasteiger partial charge on any atom is 0.408 e. The van der Waals surface area contributed by atoms with Gasteiger partial charge in [0, 0.05) is 31.6 Å². The van der Waals surface area contributed by atoms with E-state index in [1.54, 1.807) is 4.90 Å². The minimum absolute atomic E-state index is 0.0190. The van der Waals surface area contributed by atoms with Crippen LogP contribution in [0.15, 0.2) is 12.7 Å². The van der Waals surface area contributed by atoms with Gasteiger partial charge in [-0.05, 0) is 37.0 Å². The lowest BCUT2D eigenvalue weighted by atomic mass is 9.72. The number of carboxylic acid groups (broad SMARTS) is 1. The lowest BCUT2D eigenvalue weighted by molar-refractivity contribution is -0.140. The van der Waals surface area contributed by atoms with Crippen LogP contribution >= 0.6 is 0 Å². The summed E-state index contributed by atoms with van der Waals surface area (Å²) in [6.07, 6.45) is 7.32. The van der Waals surface area contributed by atoms with Crippen molar-refractivity contribution in [3.63, 3.8) is 0 Å². The molecule has 2 atom stereocenters. The van der Waals surface area contributed by atoms with Crippen LogP contribution in [-0.4, -0.2) is 77.0 Å². The molecule has 2 rings (SSSR count). The number of carbonyl (C=O) groups excluding carboxylic acids is 3. The van der Waals surface area contributed by atoms with E-state index in [1.807, 2.05) is 20.8 Å². The number of likely N-dealkylation sites (tertiary alicyclic amines) is 1. The molecule has 35 heavy (non-hydrogen) atoms. The Hall–Kier alpha value is -2.58. The number of nitrogens with zero attached hydrogens (tertiary/aromatic N) is 2. The molecule has 0 aromatic carbocycles. The van der Waals surface area contributed by atoms with Crippen LogP contribution < -0.4 is 10.6 Å². The summed E-state index contributed by atoms with van der Waals surface area (Å²) in [5.41, 5.74) is -0.574. The Kier molecular flexibility index (Phi) is 10.6. The van der Waals surface area contributed by atoms with Crippen LogP contribution in [0.2, 0.25) is 0 Å². The Labute approximate surface area is 209 Å². The van der Waals surface area contributed by atoms with E-state index in [1.165, 1.54) is 25.3 Å². The quantitative estimate of drug-likeness (QED) is 0.362. The second kappa shape index (κ2) is 12.9. The van der Waals surface area contributed by atoms with Crippen molar-refractivity contribution in [1.82, 2.24) is 20.4 Å². The molecule has 1 saturated carbocycles. The van der Waals surface area contributed by atoms with Gasteiger partial charge in [-0.3, -0.25) is 19.3 Å². The molecule has 1 heterocycles. The lowest BCUT2D eigenvalue weighted by Gasteiger charge is -2.37. The molecule has 0 unspecified atom stereocenters. The molecule has 9 nitrogen and oxygen atoms in total. The first-order valence-corrected chi connectivity index (χ1v) is 12.9. The van der Waals surface area contributed by atoms with Gasteiger partial charge < -0.3 is 20.6 Å². The third-order valence-electron chi connectivity index (χ3n) is 7.12. The van der Waals surface area contributed by atoms with E-state index in [4.69, 9.17) is 0 Å². The van der Waals surface area contributed by atoms with E-state index >= 15 is 0 Å². The van der Waals surface area contributed by atoms with Gasteiger partial charge in [-0.2, -0.15) is 0 Å². The van der Waals surface area contributed by atoms with Crippen molar-refractivity contribution in [2.24, 2.45) is 17.3 Å². The average molecular weight is 493 g/mol. The minimum Gasteiger partial charge on any atom is -0.465 e. The molecule has 1 aliphatic heterocycles. The van der Waals surface area contributed by atoms with Gasteiger partial charge in [-0.1, -0.05) is 53.0 Å². The monoisotopic (exact) mass is 492 g/mol. The maximum absolute atomic E-state index is 13.5. The number of hydrogen-bond acceptors (Lipinski definition) is 4. The van der Waals surface area contributed by atoms with Gasteiger partial charge >= 0.3 is 6.09 Å². The largest absolute Gasteiger partial charge is 0.465 e. The number of rotatable bonds is 12. The zero-order valence-electron chi connectivity index (χ0n) is 21.8. The van der Waals surface area contributed by atoms with Crippen LogP contribution in [-0.2, 0) is 14.4 Å². The van der Waals surface area contributed by atoms with E-state index in [2.05, 4.69) is 24.1 Å². The predicted octanol–water partition coefficient (Wildman–Crippen LogP) is 3.01. The molecule has 4 amide bonds. The molecule has 3 N–H and O–H groups in total. The number of amides is 4. The summed E-state index contributed by atoms with van der Waals surface area (Å²) in [6.45, 7) is 11.9. The third-order valence-corrected chi connectivity index (χ3v) is 7.12. The van der Waals surface area contributed by atoms with E-state index in [-0.39, 0.29) is 36.9 Å².